The van der Waals surface area contributed by atoms with Crippen LogP contribution in [0.2, 0.25) is 0 Å². The third-order valence-electron chi connectivity index (χ3n) is 14.6. The highest BCUT2D eigenvalue weighted by atomic mass is 32.2. The molecule has 0 saturated carbocycles. The van der Waals surface area contributed by atoms with Crippen molar-refractivity contribution in [1.82, 2.24) is 0 Å². The number of hydrogen-bond acceptors (Lipinski definition) is 2. The summed E-state index contributed by atoms with van der Waals surface area (Å²) < 4.78 is 0. The molecule has 1 heterocycles. The normalized spacial score (nSPS) is 16.6. The molecule has 9 aromatic carbocycles. The smallest absolute Gasteiger partial charge is 0.0737 e. The van der Waals surface area contributed by atoms with Gasteiger partial charge in [-0.3, -0.25) is 4.99 Å². The second kappa shape index (κ2) is 14.9. The van der Waals surface area contributed by atoms with Crippen LogP contribution in [0.15, 0.2) is 246 Å². The van der Waals surface area contributed by atoms with Gasteiger partial charge in [0.25, 0.3) is 0 Å². The van der Waals surface area contributed by atoms with Gasteiger partial charge in [0.1, 0.15) is 0 Å². The first-order chi connectivity index (χ1) is 32.6. The van der Waals surface area contributed by atoms with Gasteiger partial charge in [-0.25, -0.2) is 0 Å². The number of allylic oxidation sites excluding steroid dienone is 5. The quantitative estimate of drug-likeness (QED) is 0.161. The molecule has 0 amide bonds. The first kappa shape index (κ1) is 38.7. The predicted molar refractivity (Wildman–Crippen MR) is 278 cm³/mol. The van der Waals surface area contributed by atoms with Crippen LogP contribution in [-0.4, -0.2) is 12.8 Å². The Labute approximate surface area is 390 Å². The topological polar surface area (TPSA) is 12.4 Å². The maximum Gasteiger partial charge on any atom is 0.0737 e. The zero-order valence-electron chi connectivity index (χ0n) is 36.5. The molecule has 1 aliphatic heterocycles. The van der Waals surface area contributed by atoms with Gasteiger partial charge in [0.2, 0.25) is 0 Å². The molecule has 4 aliphatic rings. The van der Waals surface area contributed by atoms with Crippen molar-refractivity contribution in [3.05, 3.63) is 303 Å². The minimum absolute atomic E-state index is 0.551. The summed E-state index contributed by atoms with van der Waals surface area (Å²) >= 11 is 1.81. The number of benzene rings is 9. The van der Waals surface area contributed by atoms with Gasteiger partial charge in [0.15, 0.2) is 0 Å². The number of nitrogens with zero attached hydrogens (tertiary/aromatic N) is 1. The molecule has 310 valence electrons. The van der Waals surface area contributed by atoms with Crippen LogP contribution in [0.5, 0.6) is 0 Å². The molecule has 0 fully saturated rings. The minimum atomic E-state index is -0.749. The molecule has 9 aromatic rings. The number of aliphatic imine (C=N–C) groups is 1. The fourth-order valence-corrected chi connectivity index (χ4v) is 13.1. The van der Waals surface area contributed by atoms with Gasteiger partial charge in [-0.05, 0) is 123 Å². The summed E-state index contributed by atoms with van der Waals surface area (Å²) in [5.41, 5.74) is 21.8. The fourth-order valence-electron chi connectivity index (χ4n) is 12.1. The highest BCUT2D eigenvalue weighted by Crippen LogP contribution is 2.69. The van der Waals surface area contributed by atoms with Crippen LogP contribution in [-0.2, 0) is 10.8 Å². The molecule has 0 bridgehead atoms. The van der Waals surface area contributed by atoms with Gasteiger partial charge < -0.3 is 0 Å². The third-order valence-corrected chi connectivity index (χ3v) is 15.6. The fraction of sp³-hybridized carbons (Fsp3) is 0.0469. The van der Waals surface area contributed by atoms with Crippen molar-refractivity contribution in [2.45, 2.75) is 15.7 Å². The van der Waals surface area contributed by atoms with Crippen LogP contribution < -0.4 is 0 Å². The Morgan fingerprint density at radius 2 is 1.03 bits per heavy atom. The van der Waals surface area contributed by atoms with Gasteiger partial charge >= 0.3 is 0 Å². The zero-order chi connectivity index (χ0) is 44.0. The van der Waals surface area contributed by atoms with Gasteiger partial charge in [-0.15, -0.1) is 0 Å². The highest BCUT2D eigenvalue weighted by Gasteiger charge is 2.60. The molecule has 0 atom stereocenters. The highest BCUT2D eigenvalue weighted by molar-refractivity contribution is 8.02. The van der Waals surface area contributed by atoms with Crippen molar-refractivity contribution in [1.29, 1.82) is 0 Å². The summed E-state index contributed by atoms with van der Waals surface area (Å²) in [7, 11) is 1.96. The average molecular weight is 858 g/mol. The average Bonchev–Trinajstić information content (AvgIpc) is 3.84. The van der Waals surface area contributed by atoms with Crippen LogP contribution in [0.25, 0.3) is 44.2 Å². The molecule has 0 saturated heterocycles. The van der Waals surface area contributed by atoms with Crippen LogP contribution in [0, 0.1) is 0 Å². The molecule has 0 unspecified atom stereocenters. The van der Waals surface area contributed by atoms with Gasteiger partial charge in [-0.1, -0.05) is 231 Å². The van der Waals surface area contributed by atoms with Crippen molar-refractivity contribution < 1.29 is 0 Å². The summed E-state index contributed by atoms with van der Waals surface area (Å²) in [6.45, 7) is 4.67. The molecule has 1 nitrogen and oxygen atoms in total. The zero-order valence-corrected chi connectivity index (χ0v) is 37.3. The molecule has 13 rings (SSSR count). The molecule has 66 heavy (non-hydrogen) atoms. The lowest BCUT2D eigenvalue weighted by Gasteiger charge is -2.49. The molecule has 2 spiro atoms. The second-order valence-corrected chi connectivity index (χ2v) is 18.6. The van der Waals surface area contributed by atoms with E-state index in [1.165, 1.54) is 82.4 Å². The van der Waals surface area contributed by atoms with Crippen LogP contribution >= 0.6 is 11.8 Å². The maximum absolute atomic E-state index is 5.30. The van der Waals surface area contributed by atoms with E-state index in [1.54, 1.807) is 0 Å². The van der Waals surface area contributed by atoms with Gasteiger partial charge in [0, 0.05) is 17.5 Å². The first-order valence-corrected chi connectivity index (χ1v) is 23.7. The van der Waals surface area contributed by atoms with Gasteiger partial charge in [0.05, 0.1) is 16.5 Å². The van der Waals surface area contributed by atoms with E-state index in [0.717, 1.165) is 39.1 Å². The molecule has 2 heteroatoms. The van der Waals surface area contributed by atoms with E-state index in [0.29, 0.717) is 0 Å². The number of thioether (sulfide) groups is 1. The van der Waals surface area contributed by atoms with Crippen molar-refractivity contribution in [2.75, 3.05) is 7.05 Å². The van der Waals surface area contributed by atoms with E-state index in [4.69, 9.17) is 4.99 Å². The maximum atomic E-state index is 5.30. The van der Waals surface area contributed by atoms with Crippen LogP contribution in [0.4, 0.5) is 0 Å². The molecule has 0 N–H and O–H groups in total. The first-order valence-electron chi connectivity index (χ1n) is 22.8. The van der Waals surface area contributed by atoms with E-state index >= 15 is 0 Å². The number of hydrogen-bond donors (Lipinski definition) is 0. The lowest BCUT2D eigenvalue weighted by atomic mass is 9.52. The van der Waals surface area contributed by atoms with Crippen LogP contribution in [0.1, 0.15) is 66.8 Å². The summed E-state index contributed by atoms with van der Waals surface area (Å²) in [6.07, 6.45) is 8.74. The van der Waals surface area contributed by atoms with Crippen molar-refractivity contribution in [2.24, 2.45) is 4.99 Å². The Balaban J connectivity index is 1.17. The molecular formula is C64H43NS. The Bertz CT molecular complexity index is 3560. The summed E-state index contributed by atoms with van der Waals surface area (Å²) in [6, 6.07) is 74.8. The largest absolute Gasteiger partial charge is 0.288 e. The van der Waals surface area contributed by atoms with E-state index in [9.17, 15) is 0 Å². The van der Waals surface area contributed by atoms with E-state index in [-0.39, 0.29) is 0 Å². The molecule has 3 aliphatic carbocycles. The second-order valence-electron chi connectivity index (χ2n) is 17.7. The van der Waals surface area contributed by atoms with Crippen molar-refractivity contribution in [3.8, 4) is 22.3 Å². The standard InChI is InChI=1S/C64H43NS/c1-41-19-16-17-38-66-62-46(41)36-37-50-49-26-18-27-51(59(65-2)40-52(43-21-4-3-5-22-43)45-35-34-42-20-6-7-23-44(42)39-45)60(49)64(61(50)62)57-32-14-12-30-55(57)63(56-31-13-15-33-58(56)64)53-28-10-8-24-47(53)48-25-9-11-29-54(48)63/h3-40H,1H2,2H3/b19-16-,38-17-,52-40-,65-59?. The Hall–Kier alpha value is -7.78. The number of fused-ring (bicyclic) bond motifs is 19. The van der Waals surface area contributed by atoms with Crippen LogP contribution in [0.3, 0.4) is 0 Å². The van der Waals surface area contributed by atoms with Gasteiger partial charge in [-0.2, -0.15) is 0 Å². The summed E-state index contributed by atoms with van der Waals surface area (Å²) in [5.74, 6) is 0. The minimum Gasteiger partial charge on any atom is -0.288 e. The van der Waals surface area contributed by atoms with E-state index in [1.807, 2.05) is 18.8 Å². The van der Waals surface area contributed by atoms with Crippen molar-refractivity contribution >= 4 is 39.4 Å². The molecular weight excluding hydrogens is 815 g/mol. The monoisotopic (exact) mass is 857 g/mol. The predicted octanol–water partition coefficient (Wildman–Crippen LogP) is 15.6. The van der Waals surface area contributed by atoms with E-state index < -0.39 is 10.8 Å². The lowest BCUT2D eigenvalue weighted by Crippen LogP contribution is -2.44. The lowest BCUT2D eigenvalue weighted by molar-refractivity contribution is 0.626. The SMILES string of the molecule is C=C1/C=C\C=C/Sc2c1ccc1c2C2(c3ccccc3C3(c4ccccc4-c4ccccc43)c3ccccc32)c2c(C(/C=C(/c3ccccc3)c3ccc4ccccc4c3)=NC)cccc2-1. The molecule has 0 aromatic heterocycles. The van der Waals surface area contributed by atoms with Crippen molar-refractivity contribution in [3.63, 3.8) is 0 Å². The number of rotatable bonds is 4. The Kier molecular flexibility index (Phi) is 8.72. The third kappa shape index (κ3) is 5.22. The molecule has 0 radical (unpaired) electrons. The summed E-state index contributed by atoms with van der Waals surface area (Å²) in [5, 5.41) is 4.67. The Morgan fingerprint density at radius 1 is 0.470 bits per heavy atom. The van der Waals surface area contributed by atoms with E-state index in [2.05, 4.69) is 236 Å². The Morgan fingerprint density at radius 3 is 1.71 bits per heavy atom. The summed E-state index contributed by atoms with van der Waals surface area (Å²) in [4.78, 5) is 6.54.